The largest absolute Gasteiger partial charge is 0.497 e. The zero-order valence-corrected chi connectivity index (χ0v) is 16.5. The number of hydrogen-bond donors (Lipinski definition) is 3. The second-order valence-corrected chi connectivity index (χ2v) is 7.93. The first-order valence-electron chi connectivity index (χ1n) is 9.78. The molecular formula is C22H21N3O5. The Kier molecular flexibility index (Phi) is 4.00. The van der Waals surface area contributed by atoms with Gasteiger partial charge in [0.2, 0.25) is 17.7 Å². The molecule has 0 aromatic heterocycles. The molecule has 5 atom stereocenters. The summed E-state index contributed by atoms with van der Waals surface area (Å²) in [5.41, 5.74) is 0.220. The molecule has 0 radical (unpaired) electrons. The van der Waals surface area contributed by atoms with Crippen molar-refractivity contribution in [1.29, 1.82) is 0 Å². The van der Waals surface area contributed by atoms with Crippen molar-refractivity contribution in [3.8, 4) is 5.75 Å². The lowest BCUT2D eigenvalue weighted by Crippen LogP contribution is -2.54. The van der Waals surface area contributed by atoms with Crippen molar-refractivity contribution >= 4 is 29.1 Å². The average Bonchev–Trinajstić information content (AvgIpc) is 3.33. The summed E-state index contributed by atoms with van der Waals surface area (Å²) in [6, 6.07) is 13.0. The van der Waals surface area contributed by atoms with E-state index in [9.17, 15) is 19.5 Å². The molecule has 154 valence electrons. The molecule has 2 aromatic rings. The summed E-state index contributed by atoms with van der Waals surface area (Å²) in [4.78, 5) is 41.3. The number of carbonyl (C=O) groups excluding carboxylic acids is 3. The van der Waals surface area contributed by atoms with E-state index < -0.39 is 41.3 Å². The summed E-state index contributed by atoms with van der Waals surface area (Å²) in [6.45, 7) is 1.56. The summed E-state index contributed by atoms with van der Waals surface area (Å²) in [7, 11) is 1.53. The number of fused-ring (bicyclic) bond motifs is 4. The Hall–Kier alpha value is -3.23. The van der Waals surface area contributed by atoms with Crippen LogP contribution >= 0.6 is 0 Å². The molecule has 1 spiro atoms. The number of benzene rings is 2. The maximum absolute atomic E-state index is 13.6. The fraction of sp³-hybridized carbons (Fsp3) is 0.318. The van der Waals surface area contributed by atoms with Crippen LogP contribution < -0.4 is 20.3 Å². The Morgan fingerprint density at radius 2 is 1.77 bits per heavy atom. The van der Waals surface area contributed by atoms with Gasteiger partial charge >= 0.3 is 0 Å². The summed E-state index contributed by atoms with van der Waals surface area (Å²) < 4.78 is 5.15. The van der Waals surface area contributed by atoms with Crippen LogP contribution in [-0.2, 0) is 19.9 Å². The third kappa shape index (κ3) is 2.26. The average molecular weight is 407 g/mol. The lowest BCUT2D eigenvalue weighted by molar-refractivity contribution is -0.130. The Morgan fingerprint density at radius 3 is 2.43 bits per heavy atom. The number of aliphatic hydroxyl groups excluding tert-OH is 1. The number of imide groups is 1. The first kappa shape index (κ1) is 18.8. The third-order valence-electron chi connectivity index (χ3n) is 6.41. The smallest absolute Gasteiger partial charge is 0.250 e. The monoisotopic (exact) mass is 407 g/mol. The first-order valence-corrected chi connectivity index (χ1v) is 9.78. The predicted octanol–water partition coefficient (Wildman–Crippen LogP) is 1.00. The Bertz CT molecular complexity index is 1070. The van der Waals surface area contributed by atoms with Crippen molar-refractivity contribution in [3.05, 3.63) is 54.1 Å². The van der Waals surface area contributed by atoms with Crippen molar-refractivity contribution in [2.45, 2.75) is 24.6 Å². The standard InChI is InChI=1S/C22H21N3O5/c1-11(26)18-16-17(22(24-18)14-5-3-4-6-15(14)23-21(22)29)20(28)25(19(16)27)12-7-9-13(30-2)10-8-12/h3-11,16-18,24,26H,1-2H3,(H,23,29)/t11-,16-,17+,18-,22+/m1/s1. The van der Waals surface area contributed by atoms with Gasteiger partial charge in [-0.25, -0.2) is 4.90 Å². The van der Waals surface area contributed by atoms with E-state index in [0.717, 1.165) is 4.90 Å². The van der Waals surface area contributed by atoms with Crippen LogP contribution in [0, 0.1) is 11.8 Å². The maximum Gasteiger partial charge on any atom is 0.250 e. The molecule has 0 unspecified atom stereocenters. The second-order valence-electron chi connectivity index (χ2n) is 7.93. The van der Waals surface area contributed by atoms with Crippen molar-refractivity contribution < 1.29 is 24.2 Å². The highest BCUT2D eigenvalue weighted by Gasteiger charge is 2.71. The van der Waals surface area contributed by atoms with E-state index in [1.54, 1.807) is 55.5 Å². The van der Waals surface area contributed by atoms with Gasteiger partial charge in [-0.3, -0.25) is 19.7 Å². The summed E-state index contributed by atoms with van der Waals surface area (Å²) >= 11 is 0. The molecule has 8 nitrogen and oxygen atoms in total. The molecule has 0 aliphatic carbocycles. The lowest BCUT2D eigenvalue weighted by Gasteiger charge is -2.30. The fourth-order valence-electron chi connectivity index (χ4n) is 5.09. The van der Waals surface area contributed by atoms with Crippen molar-refractivity contribution in [3.63, 3.8) is 0 Å². The number of nitrogens with zero attached hydrogens (tertiary/aromatic N) is 1. The first-order chi connectivity index (χ1) is 14.4. The van der Waals surface area contributed by atoms with Crippen molar-refractivity contribution in [2.24, 2.45) is 11.8 Å². The molecule has 5 rings (SSSR count). The highest BCUT2D eigenvalue weighted by molar-refractivity contribution is 6.25. The minimum Gasteiger partial charge on any atom is -0.497 e. The number of carbonyl (C=O) groups is 3. The molecule has 3 amide bonds. The molecular weight excluding hydrogens is 386 g/mol. The number of nitrogens with one attached hydrogen (secondary N) is 2. The van der Waals surface area contributed by atoms with Gasteiger partial charge in [0, 0.05) is 17.3 Å². The van der Waals surface area contributed by atoms with Crippen LogP contribution in [0.2, 0.25) is 0 Å². The topological polar surface area (TPSA) is 108 Å². The number of hydrogen-bond acceptors (Lipinski definition) is 6. The zero-order valence-electron chi connectivity index (χ0n) is 16.5. The molecule has 3 heterocycles. The van der Waals surface area contributed by atoms with Crippen LogP contribution in [0.1, 0.15) is 12.5 Å². The van der Waals surface area contributed by atoms with Crippen LogP contribution in [0.15, 0.2) is 48.5 Å². The summed E-state index contributed by atoms with van der Waals surface area (Å²) in [6.07, 6.45) is -0.940. The molecule has 3 aliphatic heterocycles. The van der Waals surface area contributed by atoms with E-state index in [2.05, 4.69) is 10.6 Å². The molecule has 3 aliphatic rings. The summed E-state index contributed by atoms with van der Waals surface area (Å²) in [5.74, 6) is -2.51. The number of ether oxygens (including phenoxy) is 1. The van der Waals surface area contributed by atoms with Gasteiger partial charge in [0.15, 0.2) is 0 Å². The van der Waals surface area contributed by atoms with Crippen LogP contribution in [0.4, 0.5) is 11.4 Å². The highest BCUT2D eigenvalue weighted by atomic mass is 16.5. The van der Waals surface area contributed by atoms with E-state index in [1.165, 1.54) is 7.11 Å². The second kappa shape index (κ2) is 6.38. The van der Waals surface area contributed by atoms with Crippen LogP contribution in [-0.4, -0.2) is 42.1 Å². The quantitative estimate of drug-likeness (QED) is 0.656. The highest BCUT2D eigenvalue weighted by Crippen LogP contribution is 2.53. The molecule has 2 saturated heterocycles. The van der Waals surface area contributed by atoms with Gasteiger partial charge < -0.3 is 15.2 Å². The van der Waals surface area contributed by atoms with Gasteiger partial charge in [-0.05, 0) is 37.3 Å². The predicted molar refractivity (Wildman–Crippen MR) is 108 cm³/mol. The van der Waals surface area contributed by atoms with E-state index in [-0.39, 0.29) is 5.91 Å². The number of amides is 3. The molecule has 0 bridgehead atoms. The molecule has 3 N–H and O–H groups in total. The van der Waals surface area contributed by atoms with Crippen molar-refractivity contribution in [1.82, 2.24) is 5.32 Å². The fourth-order valence-corrected chi connectivity index (χ4v) is 5.09. The summed E-state index contributed by atoms with van der Waals surface area (Å²) in [5, 5.41) is 16.4. The zero-order chi connectivity index (χ0) is 21.2. The van der Waals surface area contributed by atoms with Gasteiger partial charge in [-0.1, -0.05) is 18.2 Å². The number of anilines is 2. The van der Waals surface area contributed by atoms with E-state index in [0.29, 0.717) is 22.7 Å². The van der Waals surface area contributed by atoms with Gasteiger partial charge in [0.1, 0.15) is 11.3 Å². The van der Waals surface area contributed by atoms with E-state index in [1.807, 2.05) is 0 Å². The molecule has 30 heavy (non-hydrogen) atoms. The number of para-hydroxylation sites is 1. The third-order valence-corrected chi connectivity index (χ3v) is 6.41. The van der Waals surface area contributed by atoms with Crippen LogP contribution in [0.3, 0.4) is 0 Å². The van der Waals surface area contributed by atoms with Crippen LogP contribution in [0.5, 0.6) is 5.75 Å². The molecule has 2 fully saturated rings. The van der Waals surface area contributed by atoms with E-state index >= 15 is 0 Å². The SMILES string of the molecule is COc1ccc(N2C(=O)[C@H]3[C@@H]([C@@H](C)O)N[C@]4(C(=O)Nc5ccccc54)[C@@H]3C2=O)cc1. The van der Waals surface area contributed by atoms with Gasteiger partial charge in [0.05, 0.1) is 30.7 Å². The molecule has 2 aromatic carbocycles. The van der Waals surface area contributed by atoms with E-state index in [4.69, 9.17) is 4.74 Å². The maximum atomic E-state index is 13.6. The van der Waals surface area contributed by atoms with Crippen molar-refractivity contribution in [2.75, 3.05) is 17.3 Å². The van der Waals surface area contributed by atoms with Gasteiger partial charge in [-0.15, -0.1) is 0 Å². The lowest BCUT2D eigenvalue weighted by atomic mass is 9.76. The number of aliphatic hydroxyl groups is 1. The number of methoxy groups -OCH3 is 1. The Morgan fingerprint density at radius 1 is 1.07 bits per heavy atom. The molecule has 0 saturated carbocycles. The molecule has 8 heteroatoms. The van der Waals surface area contributed by atoms with Crippen LogP contribution in [0.25, 0.3) is 0 Å². The van der Waals surface area contributed by atoms with Gasteiger partial charge in [-0.2, -0.15) is 0 Å². The minimum atomic E-state index is -1.41. The Labute approximate surface area is 172 Å². The number of rotatable bonds is 3. The van der Waals surface area contributed by atoms with Gasteiger partial charge in [0.25, 0.3) is 0 Å². The minimum absolute atomic E-state index is 0.389. The normalized spacial score (nSPS) is 30.4. The Balaban J connectivity index is 1.65.